The van der Waals surface area contributed by atoms with E-state index in [0.717, 1.165) is 5.57 Å². The molecule has 0 heterocycles. The summed E-state index contributed by atoms with van der Waals surface area (Å²) in [6, 6.07) is 0. The minimum Gasteiger partial charge on any atom is -0.450 e. The monoisotopic (exact) mass is 187 g/mol. The van der Waals surface area contributed by atoms with Gasteiger partial charge in [0.25, 0.3) is 0 Å². The zero-order chi connectivity index (χ0) is 10.1. The number of amides is 1. The lowest BCUT2D eigenvalue weighted by Gasteiger charge is -2.05. The molecule has 0 atom stereocenters. The Balaban J connectivity index is 3.16. The normalized spacial score (nSPS) is 9.38. The van der Waals surface area contributed by atoms with Crippen LogP contribution in [0.15, 0.2) is 12.2 Å². The molecule has 13 heavy (non-hydrogen) atoms. The van der Waals surface area contributed by atoms with Crippen molar-refractivity contribution in [2.24, 2.45) is 0 Å². The van der Waals surface area contributed by atoms with Gasteiger partial charge in [0.1, 0.15) is 0 Å². The summed E-state index contributed by atoms with van der Waals surface area (Å²) in [4.78, 5) is 10.7. The summed E-state index contributed by atoms with van der Waals surface area (Å²) in [7, 11) is 0. The average Bonchev–Trinajstić information content (AvgIpc) is 2.03. The highest BCUT2D eigenvalue weighted by Crippen LogP contribution is 1.86. The van der Waals surface area contributed by atoms with E-state index < -0.39 is 6.09 Å². The maximum Gasteiger partial charge on any atom is 0.407 e. The highest BCUT2D eigenvalue weighted by molar-refractivity contribution is 5.66. The molecule has 0 aromatic heterocycles. The summed E-state index contributed by atoms with van der Waals surface area (Å²) in [6.45, 7) is 9.19. The molecule has 1 N–H and O–H groups in total. The van der Waals surface area contributed by atoms with Crippen LogP contribution in [0.2, 0.25) is 0 Å². The molecule has 0 aliphatic heterocycles. The fourth-order valence-electron chi connectivity index (χ4n) is 0.654. The third kappa shape index (κ3) is 8.88. The number of hydrogen-bond acceptors (Lipinski definition) is 3. The number of hydrogen-bond donors (Lipinski definition) is 1. The van der Waals surface area contributed by atoms with Gasteiger partial charge >= 0.3 is 6.09 Å². The molecule has 76 valence electrons. The molecule has 0 saturated carbocycles. The molecule has 0 unspecified atom stereocenters. The fraction of sp³-hybridized carbons (Fsp3) is 0.667. The number of carbonyl (C=O) groups is 1. The maximum atomic E-state index is 10.7. The van der Waals surface area contributed by atoms with Gasteiger partial charge < -0.3 is 14.8 Å². The van der Waals surface area contributed by atoms with Crippen LogP contribution in [0.3, 0.4) is 0 Å². The van der Waals surface area contributed by atoms with E-state index in [1.54, 1.807) is 6.92 Å². The fourth-order valence-corrected chi connectivity index (χ4v) is 0.654. The minimum absolute atomic E-state index is 0.387. The smallest absolute Gasteiger partial charge is 0.407 e. The van der Waals surface area contributed by atoms with E-state index in [0.29, 0.717) is 26.4 Å². The van der Waals surface area contributed by atoms with Crippen LogP contribution in [0.1, 0.15) is 13.8 Å². The minimum atomic E-state index is -0.401. The van der Waals surface area contributed by atoms with Gasteiger partial charge in [-0.1, -0.05) is 12.2 Å². The Hall–Kier alpha value is -1.03. The first kappa shape index (κ1) is 12.0. The molecular weight excluding hydrogens is 170 g/mol. The quantitative estimate of drug-likeness (QED) is 0.504. The van der Waals surface area contributed by atoms with E-state index in [-0.39, 0.29) is 0 Å². The molecule has 0 saturated heterocycles. The Bertz CT molecular complexity index is 168. The lowest BCUT2D eigenvalue weighted by atomic mass is 10.4. The summed E-state index contributed by atoms with van der Waals surface area (Å²) in [5, 5.41) is 2.54. The highest BCUT2D eigenvalue weighted by atomic mass is 16.5. The van der Waals surface area contributed by atoms with Crippen LogP contribution in [-0.4, -0.2) is 32.5 Å². The Morgan fingerprint density at radius 1 is 1.54 bits per heavy atom. The standard InChI is InChI=1S/C9H17NO3/c1-4-13-9(11)10-5-6-12-7-8(2)3/h2,4-7H2,1,3H3,(H,10,11). The molecule has 0 radical (unpaired) electrons. The van der Waals surface area contributed by atoms with Crippen LogP contribution in [-0.2, 0) is 9.47 Å². The van der Waals surface area contributed by atoms with Gasteiger partial charge in [0.05, 0.1) is 19.8 Å². The Morgan fingerprint density at radius 2 is 2.23 bits per heavy atom. The molecule has 0 fully saturated rings. The summed E-state index contributed by atoms with van der Waals surface area (Å²) < 4.78 is 9.80. The van der Waals surface area contributed by atoms with Gasteiger partial charge in [-0.05, 0) is 13.8 Å². The molecule has 0 aliphatic rings. The van der Waals surface area contributed by atoms with E-state index in [1.807, 2.05) is 6.92 Å². The van der Waals surface area contributed by atoms with Crippen molar-refractivity contribution in [2.45, 2.75) is 13.8 Å². The number of carbonyl (C=O) groups excluding carboxylic acids is 1. The second-order valence-electron chi connectivity index (χ2n) is 2.66. The molecule has 0 rings (SSSR count). The molecule has 4 heteroatoms. The third-order valence-electron chi connectivity index (χ3n) is 1.14. The number of rotatable bonds is 6. The summed E-state index contributed by atoms with van der Waals surface area (Å²) >= 11 is 0. The van der Waals surface area contributed by atoms with E-state index in [9.17, 15) is 4.79 Å². The highest BCUT2D eigenvalue weighted by Gasteiger charge is 1.97. The van der Waals surface area contributed by atoms with E-state index in [4.69, 9.17) is 4.74 Å². The van der Waals surface area contributed by atoms with Crippen molar-refractivity contribution in [3.63, 3.8) is 0 Å². The summed E-state index contributed by atoms with van der Waals surface area (Å²) in [5.41, 5.74) is 0.969. The molecule has 0 aromatic carbocycles. The maximum absolute atomic E-state index is 10.7. The predicted molar refractivity (Wildman–Crippen MR) is 50.7 cm³/mol. The Morgan fingerprint density at radius 3 is 2.77 bits per heavy atom. The molecule has 4 nitrogen and oxygen atoms in total. The summed E-state index contributed by atoms with van der Waals surface area (Å²) in [6.07, 6.45) is -0.401. The zero-order valence-electron chi connectivity index (χ0n) is 8.26. The van der Waals surface area contributed by atoms with Crippen molar-refractivity contribution in [3.8, 4) is 0 Å². The lowest BCUT2D eigenvalue weighted by Crippen LogP contribution is -2.28. The first-order valence-corrected chi connectivity index (χ1v) is 4.29. The molecule has 0 aromatic rings. The van der Waals surface area contributed by atoms with Crippen molar-refractivity contribution >= 4 is 6.09 Å². The van der Waals surface area contributed by atoms with Crippen LogP contribution in [0, 0.1) is 0 Å². The van der Waals surface area contributed by atoms with Gasteiger partial charge in [0.15, 0.2) is 0 Å². The average molecular weight is 187 g/mol. The van der Waals surface area contributed by atoms with Crippen LogP contribution >= 0.6 is 0 Å². The third-order valence-corrected chi connectivity index (χ3v) is 1.14. The van der Waals surface area contributed by atoms with Crippen LogP contribution in [0.25, 0.3) is 0 Å². The number of ether oxygens (including phenoxy) is 2. The van der Waals surface area contributed by atoms with Crippen molar-refractivity contribution < 1.29 is 14.3 Å². The molecule has 0 bridgehead atoms. The van der Waals surface area contributed by atoms with Gasteiger partial charge in [-0.2, -0.15) is 0 Å². The lowest BCUT2D eigenvalue weighted by molar-refractivity contribution is 0.135. The number of alkyl carbamates (subject to hydrolysis) is 1. The first-order chi connectivity index (χ1) is 6.16. The molecular formula is C9H17NO3. The second-order valence-corrected chi connectivity index (χ2v) is 2.66. The van der Waals surface area contributed by atoms with E-state index in [2.05, 4.69) is 16.6 Å². The van der Waals surface area contributed by atoms with Gasteiger partial charge in [-0.15, -0.1) is 0 Å². The van der Waals surface area contributed by atoms with Crippen LogP contribution in [0.4, 0.5) is 4.79 Å². The van der Waals surface area contributed by atoms with Crippen molar-refractivity contribution in [2.75, 3.05) is 26.4 Å². The molecule has 0 spiro atoms. The SMILES string of the molecule is C=C(C)COCCNC(=O)OCC. The first-order valence-electron chi connectivity index (χ1n) is 4.29. The Labute approximate surface area is 78.9 Å². The van der Waals surface area contributed by atoms with E-state index in [1.165, 1.54) is 0 Å². The van der Waals surface area contributed by atoms with Gasteiger partial charge in [-0.3, -0.25) is 0 Å². The number of nitrogens with one attached hydrogen (secondary N) is 1. The molecule has 1 amide bonds. The van der Waals surface area contributed by atoms with Gasteiger partial charge in [-0.25, -0.2) is 4.79 Å². The van der Waals surface area contributed by atoms with Crippen LogP contribution < -0.4 is 5.32 Å². The predicted octanol–water partition coefficient (Wildman–Crippen LogP) is 1.33. The Kier molecular flexibility index (Phi) is 7.01. The largest absolute Gasteiger partial charge is 0.450 e. The van der Waals surface area contributed by atoms with Gasteiger partial charge in [0.2, 0.25) is 0 Å². The van der Waals surface area contributed by atoms with Crippen molar-refractivity contribution in [1.82, 2.24) is 5.32 Å². The van der Waals surface area contributed by atoms with Crippen molar-refractivity contribution in [3.05, 3.63) is 12.2 Å². The van der Waals surface area contributed by atoms with Crippen molar-refractivity contribution in [1.29, 1.82) is 0 Å². The zero-order valence-corrected chi connectivity index (χ0v) is 8.26. The van der Waals surface area contributed by atoms with Crippen LogP contribution in [0.5, 0.6) is 0 Å². The van der Waals surface area contributed by atoms with E-state index >= 15 is 0 Å². The topological polar surface area (TPSA) is 47.6 Å². The van der Waals surface area contributed by atoms with Gasteiger partial charge in [0, 0.05) is 6.54 Å². The second kappa shape index (κ2) is 7.61. The summed E-state index contributed by atoms with van der Waals surface area (Å²) in [5.74, 6) is 0. The molecule has 0 aliphatic carbocycles.